The van der Waals surface area contributed by atoms with E-state index < -0.39 is 6.29 Å². The van der Waals surface area contributed by atoms with E-state index >= 15 is 0 Å². The number of anilines is 3. The molecule has 0 radical (unpaired) electrons. The maximum Gasteiger partial charge on any atom is 0.277 e. The third kappa shape index (κ3) is 2.21. The molecule has 0 fully saturated rings. The Labute approximate surface area is 122 Å². The van der Waals surface area contributed by atoms with Gasteiger partial charge >= 0.3 is 0 Å². The van der Waals surface area contributed by atoms with Gasteiger partial charge in [-0.1, -0.05) is 18.2 Å². The summed E-state index contributed by atoms with van der Waals surface area (Å²) in [6.07, 6.45) is -0.504. The molecule has 7 nitrogen and oxygen atoms in total. The van der Waals surface area contributed by atoms with Crippen molar-refractivity contribution in [1.29, 1.82) is 0 Å². The Morgan fingerprint density at radius 1 is 1.38 bits per heavy atom. The summed E-state index contributed by atoms with van der Waals surface area (Å²) in [5, 5.41) is 2.94. The Morgan fingerprint density at radius 3 is 2.90 bits per heavy atom. The normalized spacial score (nSPS) is 16.7. The van der Waals surface area contributed by atoms with Crippen molar-refractivity contribution in [3.05, 3.63) is 45.2 Å². The number of aromatic nitrogens is 2. The predicted octanol–water partition coefficient (Wildman–Crippen LogP) is 0.643. The number of fused-ring (bicyclic) bond motifs is 1. The van der Waals surface area contributed by atoms with E-state index in [1.54, 1.807) is 0 Å². The number of benzene rings is 1. The minimum Gasteiger partial charge on any atom is -0.369 e. The lowest BCUT2D eigenvalue weighted by atomic mass is 10.0. The van der Waals surface area contributed by atoms with Crippen molar-refractivity contribution in [3.63, 3.8) is 0 Å². The fraction of sp³-hybridized carbons (Fsp3) is 0.286. The number of nitrogens with two attached hydrogens (primary N) is 2. The van der Waals surface area contributed by atoms with Crippen LogP contribution in [-0.4, -0.2) is 16.3 Å². The molecule has 110 valence electrons. The van der Waals surface area contributed by atoms with Gasteiger partial charge in [-0.3, -0.25) is 15.5 Å². The average molecular weight is 286 g/mol. The first kappa shape index (κ1) is 13.4. The summed E-state index contributed by atoms with van der Waals surface area (Å²) >= 11 is 0. The van der Waals surface area contributed by atoms with Crippen LogP contribution in [0.4, 0.5) is 17.5 Å². The van der Waals surface area contributed by atoms with Gasteiger partial charge in [-0.15, -0.1) is 0 Å². The van der Waals surface area contributed by atoms with Gasteiger partial charge in [0, 0.05) is 6.54 Å². The van der Waals surface area contributed by atoms with Crippen LogP contribution in [0.5, 0.6) is 0 Å². The van der Waals surface area contributed by atoms with E-state index in [0.717, 1.165) is 5.56 Å². The van der Waals surface area contributed by atoms with Gasteiger partial charge in [0.1, 0.15) is 5.69 Å². The molecule has 0 aliphatic carbocycles. The molecular formula is C14H18N6O. The number of nitrogens with zero attached hydrogens (tertiary/aromatic N) is 2. The Hall–Kier alpha value is -2.54. The highest BCUT2D eigenvalue weighted by molar-refractivity contribution is 5.72. The summed E-state index contributed by atoms with van der Waals surface area (Å²) in [4.78, 5) is 20.4. The zero-order chi connectivity index (χ0) is 15.1. The Bertz CT molecular complexity index is 754. The molecule has 0 bridgehead atoms. The highest BCUT2D eigenvalue weighted by atomic mass is 16.1. The first-order valence-corrected chi connectivity index (χ1v) is 6.71. The van der Waals surface area contributed by atoms with E-state index in [2.05, 4.69) is 35.2 Å². The van der Waals surface area contributed by atoms with Crippen molar-refractivity contribution in [2.45, 2.75) is 26.7 Å². The van der Waals surface area contributed by atoms with Gasteiger partial charge in [0.05, 0.1) is 0 Å². The number of hydrogen-bond donors (Lipinski definition) is 4. The molecule has 3 rings (SSSR count). The molecule has 2 aromatic rings. The van der Waals surface area contributed by atoms with Gasteiger partial charge < -0.3 is 16.0 Å². The summed E-state index contributed by atoms with van der Waals surface area (Å²) in [5.41, 5.74) is 15.3. The fourth-order valence-electron chi connectivity index (χ4n) is 2.51. The smallest absolute Gasteiger partial charge is 0.277 e. The third-order valence-electron chi connectivity index (χ3n) is 3.88. The molecule has 7 heteroatoms. The van der Waals surface area contributed by atoms with Crippen LogP contribution in [-0.2, 0) is 6.54 Å². The molecule has 2 heterocycles. The van der Waals surface area contributed by atoms with Crippen molar-refractivity contribution in [2.75, 3.05) is 16.0 Å². The first-order valence-electron chi connectivity index (χ1n) is 6.71. The van der Waals surface area contributed by atoms with Crippen molar-refractivity contribution < 1.29 is 0 Å². The van der Waals surface area contributed by atoms with Crippen LogP contribution in [0.15, 0.2) is 23.0 Å². The molecule has 1 aliphatic rings. The van der Waals surface area contributed by atoms with Crippen LogP contribution in [0.25, 0.3) is 0 Å². The number of H-pyrrole nitrogens is 1. The Balaban J connectivity index is 2.01. The Morgan fingerprint density at radius 2 is 2.14 bits per heavy atom. The third-order valence-corrected chi connectivity index (χ3v) is 3.88. The van der Waals surface area contributed by atoms with E-state index in [1.807, 2.05) is 17.0 Å². The minimum atomic E-state index is -0.504. The number of nitrogen functional groups attached to an aromatic ring is 1. The van der Waals surface area contributed by atoms with Crippen LogP contribution < -0.4 is 27.2 Å². The molecule has 1 aromatic heterocycles. The topological polar surface area (TPSA) is 113 Å². The number of nitrogens with one attached hydrogen (secondary N) is 2. The molecule has 21 heavy (non-hydrogen) atoms. The highest BCUT2D eigenvalue weighted by Crippen LogP contribution is 2.30. The first-order chi connectivity index (χ1) is 9.97. The molecular weight excluding hydrogens is 268 g/mol. The summed E-state index contributed by atoms with van der Waals surface area (Å²) in [6.45, 7) is 4.70. The molecule has 1 aromatic carbocycles. The van der Waals surface area contributed by atoms with Crippen molar-refractivity contribution >= 4 is 17.5 Å². The Kier molecular flexibility index (Phi) is 3.06. The fourth-order valence-corrected chi connectivity index (χ4v) is 2.51. The van der Waals surface area contributed by atoms with Gasteiger partial charge in [0.2, 0.25) is 5.95 Å². The summed E-state index contributed by atoms with van der Waals surface area (Å²) in [7, 11) is 0. The van der Waals surface area contributed by atoms with Gasteiger partial charge in [-0.25, -0.2) is 0 Å². The van der Waals surface area contributed by atoms with Gasteiger partial charge in [-0.2, -0.15) is 4.98 Å². The van der Waals surface area contributed by atoms with Crippen LogP contribution in [0, 0.1) is 13.8 Å². The van der Waals surface area contributed by atoms with E-state index in [0.29, 0.717) is 18.1 Å². The minimum absolute atomic E-state index is 0.0839. The van der Waals surface area contributed by atoms with E-state index in [4.69, 9.17) is 11.5 Å². The monoisotopic (exact) mass is 286 g/mol. The summed E-state index contributed by atoms with van der Waals surface area (Å²) in [6, 6.07) is 6.12. The van der Waals surface area contributed by atoms with E-state index in [1.165, 1.54) is 11.1 Å². The molecule has 0 amide bonds. The molecule has 0 saturated carbocycles. The second-order valence-electron chi connectivity index (χ2n) is 5.23. The van der Waals surface area contributed by atoms with Crippen molar-refractivity contribution in [2.24, 2.45) is 5.73 Å². The number of rotatable bonds is 2. The molecule has 0 spiro atoms. The van der Waals surface area contributed by atoms with Crippen LogP contribution >= 0.6 is 0 Å². The summed E-state index contributed by atoms with van der Waals surface area (Å²) in [5.74, 6) is 0.574. The van der Waals surface area contributed by atoms with Gasteiger partial charge in [0.15, 0.2) is 12.1 Å². The van der Waals surface area contributed by atoms with E-state index in [-0.39, 0.29) is 11.5 Å². The molecule has 1 unspecified atom stereocenters. The maximum atomic E-state index is 11.9. The number of aromatic amines is 1. The maximum absolute atomic E-state index is 11.9. The standard InChI is InChI=1S/C14H18N6O/c1-7-4-3-5-9(8(7)2)6-20-11-10(17-14(20)16)12(21)19-13(15)18-11/h3-5,14,17H,6,16H2,1-2H3,(H3,15,18,19,21). The quantitative estimate of drug-likeness (QED) is 0.644. The van der Waals surface area contributed by atoms with Gasteiger partial charge in [-0.05, 0) is 30.5 Å². The van der Waals surface area contributed by atoms with Crippen molar-refractivity contribution in [3.8, 4) is 0 Å². The highest BCUT2D eigenvalue weighted by Gasteiger charge is 2.30. The lowest BCUT2D eigenvalue weighted by Gasteiger charge is -2.24. The zero-order valence-corrected chi connectivity index (χ0v) is 12.0. The predicted molar refractivity (Wildman–Crippen MR) is 83.0 cm³/mol. The largest absolute Gasteiger partial charge is 0.369 e. The average Bonchev–Trinajstić information content (AvgIpc) is 2.73. The van der Waals surface area contributed by atoms with Crippen LogP contribution in [0.2, 0.25) is 0 Å². The van der Waals surface area contributed by atoms with Crippen LogP contribution in [0.3, 0.4) is 0 Å². The second-order valence-corrected chi connectivity index (χ2v) is 5.23. The van der Waals surface area contributed by atoms with Crippen LogP contribution in [0.1, 0.15) is 16.7 Å². The lowest BCUT2D eigenvalue weighted by molar-refractivity contribution is 0.689. The summed E-state index contributed by atoms with van der Waals surface area (Å²) < 4.78 is 0. The molecule has 1 aliphatic heterocycles. The molecule has 6 N–H and O–H groups in total. The second kappa shape index (κ2) is 4.78. The zero-order valence-electron chi connectivity index (χ0n) is 12.0. The van der Waals surface area contributed by atoms with Crippen molar-refractivity contribution in [1.82, 2.24) is 9.97 Å². The molecule has 1 atom stereocenters. The van der Waals surface area contributed by atoms with E-state index in [9.17, 15) is 4.79 Å². The molecule has 0 saturated heterocycles. The number of hydrogen-bond acceptors (Lipinski definition) is 6. The lowest BCUT2D eigenvalue weighted by Crippen LogP contribution is -2.43. The number of aryl methyl sites for hydroxylation is 1. The SMILES string of the molecule is Cc1cccc(CN2c3nc(N)[nH]c(=O)c3NC2N)c1C. The van der Waals surface area contributed by atoms with Gasteiger partial charge in [0.25, 0.3) is 5.56 Å².